The lowest BCUT2D eigenvalue weighted by molar-refractivity contribution is 0.0926. The molecule has 5 heteroatoms. The van der Waals surface area contributed by atoms with Crippen molar-refractivity contribution in [1.82, 2.24) is 5.43 Å². The summed E-state index contributed by atoms with van der Waals surface area (Å²) in [5, 5.41) is 3.87. The second-order valence-corrected chi connectivity index (χ2v) is 4.66. The molecule has 0 unspecified atom stereocenters. The second-order valence-electron chi connectivity index (χ2n) is 3.88. The van der Waals surface area contributed by atoms with Crippen molar-refractivity contribution in [1.29, 1.82) is 0 Å². The van der Waals surface area contributed by atoms with E-state index in [4.69, 9.17) is 4.42 Å². The topological polar surface area (TPSA) is 54.6 Å². The lowest BCUT2D eigenvalue weighted by Gasteiger charge is -1.97. The van der Waals surface area contributed by atoms with Gasteiger partial charge in [0.15, 0.2) is 10.4 Å². The van der Waals surface area contributed by atoms with E-state index >= 15 is 0 Å². The van der Waals surface area contributed by atoms with Crippen LogP contribution < -0.4 is 5.43 Å². The maximum Gasteiger partial charge on any atom is 0.307 e. The molecule has 0 aliphatic carbocycles. The number of rotatable bonds is 5. The Hall–Kier alpha value is -1.88. The van der Waals surface area contributed by atoms with E-state index in [-0.39, 0.29) is 11.7 Å². The van der Waals surface area contributed by atoms with Gasteiger partial charge in [0, 0.05) is 6.21 Å². The molecule has 98 valence electrons. The van der Waals surface area contributed by atoms with Crippen molar-refractivity contribution in [3.8, 4) is 0 Å². The van der Waals surface area contributed by atoms with Crippen LogP contribution in [0.4, 0.5) is 0 Å². The average Bonchev–Trinajstić information content (AvgIpc) is 2.86. The minimum absolute atomic E-state index is 0.229. The van der Waals surface area contributed by atoms with Crippen LogP contribution >= 0.6 is 15.9 Å². The van der Waals surface area contributed by atoms with E-state index in [1.165, 1.54) is 5.56 Å². The molecule has 0 radical (unpaired) electrons. The van der Waals surface area contributed by atoms with Gasteiger partial charge in [-0.2, -0.15) is 5.10 Å². The summed E-state index contributed by atoms with van der Waals surface area (Å²) in [4.78, 5) is 11.6. The van der Waals surface area contributed by atoms with Crippen molar-refractivity contribution in [3.63, 3.8) is 0 Å². The summed E-state index contributed by atoms with van der Waals surface area (Å²) in [5.41, 5.74) is 3.66. The fraction of sp³-hybridized carbons (Fsp3) is 0.143. The van der Waals surface area contributed by atoms with Crippen LogP contribution in [0.5, 0.6) is 0 Å². The molecule has 1 aromatic heterocycles. The first-order valence-corrected chi connectivity index (χ1v) is 6.66. The van der Waals surface area contributed by atoms with Gasteiger partial charge in [-0.1, -0.05) is 30.3 Å². The maximum atomic E-state index is 11.6. The number of amides is 1. The number of hydrogen-bond donors (Lipinski definition) is 1. The third-order valence-electron chi connectivity index (χ3n) is 2.46. The highest BCUT2D eigenvalue weighted by Gasteiger charge is 2.08. The Morgan fingerprint density at radius 2 is 2.05 bits per heavy atom. The Kier molecular flexibility index (Phi) is 4.92. The van der Waals surface area contributed by atoms with Crippen molar-refractivity contribution in [2.75, 3.05) is 0 Å². The minimum Gasteiger partial charge on any atom is -0.444 e. The number of hydrazone groups is 1. The highest BCUT2D eigenvalue weighted by atomic mass is 79.9. The van der Waals surface area contributed by atoms with Gasteiger partial charge in [-0.05, 0) is 46.5 Å². The molecule has 4 nitrogen and oxygen atoms in total. The van der Waals surface area contributed by atoms with Gasteiger partial charge in [0.25, 0.3) is 0 Å². The smallest absolute Gasteiger partial charge is 0.307 e. The first kappa shape index (κ1) is 13.5. The van der Waals surface area contributed by atoms with Gasteiger partial charge in [0.05, 0.1) is 0 Å². The monoisotopic (exact) mass is 320 g/mol. The molecule has 2 aromatic rings. The second kappa shape index (κ2) is 6.89. The molecule has 0 saturated carbocycles. The summed E-state index contributed by atoms with van der Waals surface area (Å²) in [5.74, 6) is -0.131. The maximum absolute atomic E-state index is 11.6. The van der Waals surface area contributed by atoms with Crippen LogP contribution in [0.1, 0.15) is 22.5 Å². The first-order valence-electron chi connectivity index (χ1n) is 5.87. The number of benzene rings is 1. The van der Waals surface area contributed by atoms with Crippen LogP contribution in [-0.2, 0) is 6.42 Å². The average molecular weight is 321 g/mol. The van der Waals surface area contributed by atoms with Crippen molar-refractivity contribution in [2.24, 2.45) is 5.10 Å². The molecule has 0 spiro atoms. The normalized spacial score (nSPS) is 10.8. The zero-order chi connectivity index (χ0) is 13.5. The zero-order valence-corrected chi connectivity index (χ0v) is 11.8. The number of nitrogens with zero attached hydrogens (tertiary/aromatic N) is 1. The van der Waals surface area contributed by atoms with Crippen LogP contribution in [0.25, 0.3) is 0 Å². The summed E-state index contributed by atoms with van der Waals surface area (Å²) < 4.78 is 5.62. The number of carbonyl (C=O) groups excluding carboxylic acids is 1. The number of furan rings is 1. The molecule has 1 amide bonds. The third kappa shape index (κ3) is 4.37. The van der Waals surface area contributed by atoms with E-state index in [0.717, 1.165) is 12.8 Å². The molecule has 0 fully saturated rings. The van der Waals surface area contributed by atoms with Crippen LogP contribution in [0, 0.1) is 0 Å². The predicted octanol–water partition coefficient (Wildman–Crippen LogP) is 3.39. The van der Waals surface area contributed by atoms with Gasteiger partial charge in [0.1, 0.15) is 0 Å². The molecule has 0 aliphatic heterocycles. The Morgan fingerprint density at radius 3 is 2.74 bits per heavy atom. The molecule has 0 aliphatic rings. The molecule has 1 heterocycles. The van der Waals surface area contributed by atoms with E-state index in [0.29, 0.717) is 4.67 Å². The molecular formula is C14H13BrN2O2. The fourth-order valence-electron chi connectivity index (χ4n) is 1.54. The summed E-state index contributed by atoms with van der Waals surface area (Å²) >= 11 is 3.13. The first-order chi connectivity index (χ1) is 9.25. The standard InChI is InChI=1S/C14H13BrN2O2/c15-13-9-8-12(19-13)14(18)17-16-10-4-7-11-5-2-1-3-6-11/h1-3,5-6,8-10H,4,7H2,(H,17,18). The van der Waals surface area contributed by atoms with Crippen LogP contribution in [0.2, 0.25) is 0 Å². The molecular weight excluding hydrogens is 308 g/mol. The van der Waals surface area contributed by atoms with Crippen molar-refractivity contribution < 1.29 is 9.21 Å². The van der Waals surface area contributed by atoms with E-state index in [9.17, 15) is 4.79 Å². The van der Waals surface area contributed by atoms with E-state index in [1.54, 1.807) is 18.3 Å². The van der Waals surface area contributed by atoms with Crippen LogP contribution in [0.15, 0.2) is 56.7 Å². The molecule has 0 saturated heterocycles. The van der Waals surface area contributed by atoms with Crippen LogP contribution in [-0.4, -0.2) is 12.1 Å². The van der Waals surface area contributed by atoms with Gasteiger partial charge in [-0.25, -0.2) is 5.43 Å². The molecule has 1 N–H and O–H groups in total. The molecule has 1 aromatic carbocycles. The quantitative estimate of drug-likeness (QED) is 0.678. The van der Waals surface area contributed by atoms with Gasteiger partial charge >= 0.3 is 5.91 Å². The molecule has 0 atom stereocenters. The van der Waals surface area contributed by atoms with E-state index in [2.05, 4.69) is 38.6 Å². The SMILES string of the molecule is O=C(NN=CCCc1ccccc1)c1ccc(Br)o1. The predicted molar refractivity (Wildman–Crippen MR) is 77.1 cm³/mol. The molecule has 19 heavy (non-hydrogen) atoms. The van der Waals surface area contributed by atoms with Gasteiger partial charge in [-0.15, -0.1) is 0 Å². The largest absolute Gasteiger partial charge is 0.444 e. The number of nitrogens with one attached hydrogen (secondary N) is 1. The van der Waals surface area contributed by atoms with Crippen LogP contribution in [0.3, 0.4) is 0 Å². The Morgan fingerprint density at radius 1 is 1.26 bits per heavy atom. The molecule has 0 bridgehead atoms. The number of halogens is 1. The summed E-state index contributed by atoms with van der Waals surface area (Å²) in [6, 6.07) is 13.4. The zero-order valence-electron chi connectivity index (χ0n) is 10.2. The van der Waals surface area contributed by atoms with Gasteiger partial charge in [0.2, 0.25) is 0 Å². The van der Waals surface area contributed by atoms with E-state index in [1.807, 2.05) is 18.2 Å². The Bertz CT molecular complexity index is 564. The third-order valence-corrected chi connectivity index (χ3v) is 2.89. The number of hydrogen-bond acceptors (Lipinski definition) is 3. The lowest BCUT2D eigenvalue weighted by Crippen LogP contribution is -2.16. The summed E-state index contributed by atoms with van der Waals surface area (Å²) in [6.45, 7) is 0. The Balaban J connectivity index is 1.73. The van der Waals surface area contributed by atoms with E-state index < -0.39 is 0 Å². The van der Waals surface area contributed by atoms with Crippen molar-refractivity contribution >= 4 is 28.1 Å². The number of aryl methyl sites for hydroxylation is 1. The Labute approximate surface area is 119 Å². The summed E-state index contributed by atoms with van der Waals surface area (Å²) in [6.07, 6.45) is 3.35. The molecule has 2 rings (SSSR count). The minimum atomic E-state index is -0.360. The highest BCUT2D eigenvalue weighted by Crippen LogP contribution is 2.13. The summed E-state index contributed by atoms with van der Waals surface area (Å²) in [7, 11) is 0. The fourth-order valence-corrected chi connectivity index (χ4v) is 1.84. The lowest BCUT2D eigenvalue weighted by atomic mass is 10.1. The van der Waals surface area contributed by atoms with Gasteiger partial charge < -0.3 is 4.42 Å². The highest BCUT2D eigenvalue weighted by molar-refractivity contribution is 9.10. The van der Waals surface area contributed by atoms with Crippen molar-refractivity contribution in [2.45, 2.75) is 12.8 Å². The number of carbonyl (C=O) groups is 1. The van der Waals surface area contributed by atoms with Crippen molar-refractivity contribution in [3.05, 3.63) is 58.5 Å². The van der Waals surface area contributed by atoms with Gasteiger partial charge in [-0.3, -0.25) is 4.79 Å².